The highest BCUT2D eigenvalue weighted by atomic mass is 16.6. The Hall–Kier alpha value is -5.67. The molecule has 1 aromatic heterocycles. The Kier molecular flexibility index (Phi) is 5.88. The second kappa shape index (κ2) is 9.76. The van der Waals surface area contributed by atoms with Crippen LogP contribution in [0.1, 0.15) is 46.5 Å². The van der Waals surface area contributed by atoms with Gasteiger partial charge in [-0.2, -0.15) is 0 Å². The molecule has 7 rings (SSSR count). The van der Waals surface area contributed by atoms with Crippen molar-refractivity contribution in [2.75, 3.05) is 4.90 Å². The number of carboxylic acid groups (broad SMARTS) is 1. The number of nitrogens with zero attached hydrogens (tertiary/aromatic N) is 3. The Labute approximate surface area is 242 Å². The van der Waals surface area contributed by atoms with Crippen LogP contribution in [0.15, 0.2) is 114 Å². The molecule has 0 saturated heterocycles. The Bertz CT molecular complexity index is 2050. The summed E-state index contributed by atoms with van der Waals surface area (Å²) in [5, 5.41) is 17.6. The lowest BCUT2D eigenvalue weighted by Crippen LogP contribution is -2.30. The van der Waals surface area contributed by atoms with Gasteiger partial charge in [0.25, 0.3) is 0 Å². The van der Waals surface area contributed by atoms with E-state index >= 15 is 0 Å². The highest BCUT2D eigenvalue weighted by Gasteiger charge is 2.37. The van der Waals surface area contributed by atoms with E-state index in [0.717, 1.165) is 22.5 Å². The van der Waals surface area contributed by atoms with Crippen molar-refractivity contribution >= 4 is 34.1 Å². The molecule has 0 radical (unpaired) electrons. The molecule has 6 aromatic rings. The SMILES string of the molecule is CC1(C)c2ccccc2N(c2ccccc2)c2ccc(-c3ccc(C#Cc4ccc(C(=O)O)cc4)c4nonc34)cc21. The number of para-hydroxylation sites is 2. The Morgan fingerprint density at radius 3 is 2.26 bits per heavy atom. The summed E-state index contributed by atoms with van der Waals surface area (Å²) in [6, 6.07) is 36.0. The van der Waals surface area contributed by atoms with Crippen molar-refractivity contribution < 1.29 is 14.5 Å². The molecule has 2 heterocycles. The minimum atomic E-state index is -0.969. The highest BCUT2D eigenvalue weighted by molar-refractivity contribution is 5.96. The maximum atomic E-state index is 11.1. The maximum absolute atomic E-state index is 11.1. The van der Waals surface area contributed by atoms with E-state index in [0.29, 0.717) is 22.2 Å². The third-order valence-corrected chi connectivity index (χ3v) is 7.94. The van der Waals surface area contributed by atoms with Crippen LogP contribution in [-0.4, -0.2) is 21.4 Å². The van der Waals surface area contributed by atoms with Crippen molar-refractivity contribution in [2.45, 2.75) is 19.3 Å². The number of hydrogen-bond donors (Lipinski definition) is 1. The molecule has 0 unspecified atom stereocenters. The molecular weight excluding hydrogens is 522 g/mol. The van der Waals surface area contributed by atoms with Crippen molar-refractivity contribution in [3.05, 3.63) is 137 Å². The van der Waals surface area contributed by atoms with Gasteiger partial charge in [-0.3, -0.25) is 0 Å². The molecule has 42 heavy (non-hydrogen) atoms. The fourth-order valence-corrected chi connectivity index (χ4v) is 5.76. The first kappa shape index (κ1) is 25.3. The fraction of sp³-hybridized carbons (Fsp3) is 0.0833. The molecule has 6 nitrogen and oxygen atoms in total. The normalized spacial score (nSPS) is 13.1. The van der Waals surface area contributed by atoms with E-state index in [2.05, 4.69) is 108 Å². The number of aromatic nitrogens is 2. The summed E-state index contributed by atoms with van der Waals surface area (Å²) in [7, 11) is 0. The van der Waals surface area contributed by atoms with E-state index in [9.17, 15) is 4.79 Å². The zero-order valence-corrected chi connectivity index (χ0v) is 23.0. The quantitative estimate of drug-likeness (QED) is 0.226. The van der Waals surface area contributed by atoms with Crippen LogP contribution in [0.5, 0.6) is 0 Å². The second-order valence-electron chi connectivity index (χ2n) is 10.8. The molecule has 1 aliphatic rings. The van der Waals surface area contributed by atoms with Crippen molar-refractivity contribution in [2.24, 2.45) is 0 Å². The van der Waals surface area contributed by atoms with Gasteiger partial charge in [0.1, 0.15) is 5.52 Å². The average Bonchev–Trinajstić information content (AvgIpc) is 3.51. The molecular formula is C36H25N3O3. The van der Waals surface area contributed by atoms with E-state index in [1.165, 1.54) is 28.9 Å². The molecule has 0 amide bonds. The van der Waals surface area contributed by atoms with Gasteiger partial charge in [0.05, 0.1) is 22.5 Å². The summed E-state index contributed by atoms with van der Waals surface area (Å²) >= 11 is 0. The molecule has 1 aliphatic heterocycles. The lowest BCUT2D eigenvalue weighted by Gasteiger charge is -2.42. The van der Waals surface area contributed by atoms with Crippen LogP contribution in [0.25, 0.3) is 22.2 Å². The summed E-state index contributed by atoms with van der Waals surface area (Å²) in [6.45, 7) is 4.54. The van der Waals surface area contributed by atoms with E-state index in [-0.39, 0.29) is 11.0 Å². The maximum Gasteiger partial charge on any atom is 0.335 e. The highest BCUT2D eigenvalue weighted by Crippen LogP contribution is 2.52. The first-order valence-corrected chi connectivity index (χ1v) is 13.6. The first-order chi connectivity index (χ1) is 20.4. The zero-order valence-electron chi connectivity index (χ0n) is 23.0. The fourth-order valence-electron chi connectivity index (χ4n) is 5.76. The van der Waals surface area contributed by atoms with Crippen LogP contribution in [0.2, 0.25) is 0 Å². The largest absolute Gasteiger partial charge is 0.478 e. The third-order valence-electron chi connectivity index (χ3n) is 7.94. The second-order valence-corrected chi connectivity index (χ2v) is 10.8. The molecule has 1 N–H and O–H groups in total. The average molecular weight is 548 g/mol. The van der Waals surface area contributed by atoms with Gasteiger partial charge < -0.3 is 10.0 Å². The van der Waals surface area contributed by atoms with Gasteiger partial charge in [-0.15, -0.1) is 0 Å². The van der Waals surface area contributed by atoms with Gasteiger partial charge in [-0.1, -0.05) is 74.2 Å². The smallest absolute Gasteiger partial charge is 0.335 e. The van der Waals surface area contributed by atoms with Crippen LogP contribution in [0.4, 0.5) is 17.1 Å². The van der Waals surface area contributed by atoms with Gasteiger partial charge in [0.15, 0.2) is 5.52 Å². The van der Waals surface area contributed by atoms with Gasteiger partial charge in [-0.05, 0) is 87.7 Å². The summed E-state index contributed by atoms with van der Waals surface area (Å²) in [5.74, 6) is 5.27. The van der Waals surface area contributed by atoms with E-state index in [1.807, 2.05) is 18.2 Å². The molecule has 202 valence electrons. The van der Waals surface area contributed by atoms with Crippen LogP contribution < -0.4 is 4.90 Å². The van der Waals surface area contributed by atoms with E-state index < -0.39 is 5.97 Å². The molecule has 0 spiro atoms. The predicted octanol–water partition coefficient (Wildman–Crippen LogP) is 8.10. The molecule has 0 fully saturated rings. The number of rotatable bonds is 3. The van der Waals surface area contributed by atoms with Crippen LogP contribution in [-0.2, 0) is 5.41 Å². The number of aromatic carboxylic acids is 1. The molecule has 0 atom stereocenters. The third kappa shape index (κ3) is 4.11. The van der Waals surface area contributed by atoms with Gasteiger partial charge in [0, 0.05) is 22.2 Å². The van der Waals surface area contributed by atoms with Gasteiger partial charge in [-0.25, -0.2) is 9.42 Å². The van der Waals surface area contributed by atoms with Crippen LogP contribution in [0, 0.1) is 11.8 Å². The number of anilines is 3. The first-order valence-electron chi connectivity index (χ1n) is 13.6. The molecule has 6 heteroatoms. The summed E-state index contributed by atoms with van der Waals surface area (Å²) in [5.41, 5.74) is 10.4. The standard InChI is InChI=1S/C36H25N3O3/c1-36(2)29-10-6-7-11-31(29)39(27-8-4-3-5-9-27)32-21-19-26(22-30(32)36)28-20-18-24(33-34(28)38-42-37-33)15-12-23-13-16-25(17-14-23)35(40)41/h3-11,13-14,16-22H,1-2H3,(H,40,41). The lowest BCUT2D eigenvalue weighted by atomic mass is 9.73. The van der Waals surface area contributed by atoms with Crippen molar-refractivity contribution in [3.8, 4) is 23.0 Å². The van der Waals surface area contributed by atoms with E-state index in [1.54, 1.807) is 12.1 Å². The summed E-state index contributed by atoms with van der Waals surface area (Å²) < 4.78 is 5.20. The minimum Gasteiger partial charge on any atom is -0.478 e. The minimum absolute atomic E-state index is 0.219. The number of fused-ring (bicyclic) bond motifs is 3. The topological polar surface area (TPSA) is 79.5 Å². The van der Waals surface area contributed by atoms with Gasteiger partial charge >= 0.3 is 5.97 Å². The number of benzene rings is 5. The molecule has 0 bridgehead atoms. The monoisotopic (exact) mass is 547 g/mol. The van der Waals surface area contributed by atoms with Crippen LogP contribution >= 0.6 is 0 Å². The van der Waals surface area contributed by atoms with E-state index in [4.69, 9.17) is 9.74 Å². The molecule has 0 aliphatic carbocycles. The van der Waals surface area contributed by atoms with Gasteiger partial charge in [0.2, 0.25) is 0 Å². The summed E-state index contributed by atoms with van der Waals surface area (Å²) in [6.07, 6.45) is 0. The molecule has 5 aromatic carbocycles. The number of carbonyl (C=O) groups is 1. The Morgan fingerprint density at radius 1 is 0.762 bits per heavy atom. The summed E-state index contributed by atoms with van der Waals surface area (Å²) in [4.78, 5) is 13.5. The van der Waals surface area contributed by atoms with Crippen molar-refractivity contribution in [1.29, 1.82) is 0 Å². The van der Waals surface area contributed by atoms with Crippen molar-refractivity contribution in [1.82, 2.24) is 10.3 Å². The van der Waals surface area contributed by atoms with Crippen molar-refractivity contribution in [3.63, 3.8) is 0 Å². The number of hydrogen-bond acceptors (Lipinski definition) is 5. The number of carboxylic acids is 1. The Balaban J connectivity index is 1.32. The predicted molar refractivity (Wildman–Crippen MR) is 163 cm³/mol. The van der Waals surface area contributed by atoms with Crippen LogP contribution in [0.3, 0.4) is 0 Å². The Morgan fingerprint density at radius 2 is 1.48 bits per heavy atom. The zero-order chi connectivity index (χ0) is 28.8. The lowest BCUT2D eigenvalue weighted by molar-refractivity contribution is 0.0697. The molecule has 0 saturated carbocycles.